The number of halogens is 1. The summed E-state index contributed by atoms with van der Waals surface area (Å²) in [5, 5.41) is 12.6. The number of amides is 2. The van der Waals surface area contributed by atoms with Gasteiger partial charge in [0, 0.05) is 36.3 Å². The number of hydrogen-bond acceptors (Lipinski definition) is 5. The lowest BCUT2D eigenvalue weighted by Crippen LogP contribution is -2.31. The van der Waals surface area contributed by atoms with Gasteiger partial charge in [-0.2, -0.15) is 0 Å². The normalized spacial score (nSPS) is 14.7. The number of hydrogen-bond donors (Lipinski definition) is 2. The summed E-state index contributed by atoms with van der Waals surface area (Å²) in [4.78, 5) is 45.5. The zero-order valence-electron chi connectivity index (χ0n) is 22.9. The molecule has 1 heterocycles. The lowest BCUT2D eigenvalue weighted by Gasteiger charge is -2.22. The average molecular weight is 561 g/mol. The standard InChI is InChI=1S/C31H33ClN4O4/c1-20(37)36(17-5-16-35(2)3)25-12-10-24(11-13-25)33-30(22-7-4-6-21(18-22)8-15-28(38)39)29-26-14-9-23(32)19-27(26)34-31(29)40/h4,6-7,9-14,18-19,29H,5,8,15-17H2,1-3H3,(H,34,40)(H,38,39). The molecule has 2 amide bonds. The van der Waals surface area contributed by atoms with E-state index in [-0.39, 0.29) is 18.2 Å². The second-order valence-corrected chi connectivity index (χ2v) is 10.5. The molecule has 0 spiro atoms. The Morgan fingerprint density at radius 2 is 1.77 bits per heavy atom. The van der Waals surface area contributed by atoms with Gasteiger partial charge in [-0.3, -0.25) is 19.4 Å². The van der Waals surface area contributed by atoms with Crippen molar-refractivity contribution in [1.29, 1.82) is 0 Å². The largest absolute Gasteiger partial charge is 0.481 e. The third kappa shape index (κ3) is 7.14. The van der Waals surface area contributed by atoms with Crippen LogP contribution in [0.5, 0.6) is 0 Å². The van der Waals surface area contributed by atoms with Crippen LogP contribution in [-0.4, -0.2) is 60.7 Å². The number of nitrogens with one attached hydrogen (secondary N) is 1. The third-order valence-electron chi connectivity index (χ3n) is 6.75. The van der Waals surface area contributed by atoms with Gasteiger partial charge in [0.15, 0.2) is 0 Å². The summed E-state index contributed by atoms with van der Waals surface area (Å²) in [6.45, 7) is 3.03. The van der Waals surface area contributed by atoms with Crippen molar-refractivity contribution in [2.45, 2.75) is 32.1 Å². The van der Waals surface area contributed by atoms with Crippen molar-refractivity contribution in [1.82, 2.24) is 4.90 Å². The molecule has 3 aromatic rings. The Labute approximate surface area is 239 Å². The molecule has 4 rings (SSSR count). The molecule has 1 unspecified atom stereocenters. The summed E-state index contributed by atoms with van der Waals surface area (Å²) in [5.41, 5.74) is 4.92. The summed E-state index contributed by atoms with van der Waals surface area (Å²) >= 11 is 6.18. The molecule has 1 aliphatic heterocycles. The molecule has 9 heteroatoms. The Balaban J connectivity index is 1.72. The Morgan fingerprint density at radius 3 is 2.45 bits per heavy atom. The molecule has 0 saturated carbocycles. The molecule has 0 radical (unpaired) electrons. The maximum atomic E-state index is 13.3. The molecule has 0 bridgehead atoms. The first-order valence-corrected chi connectivity index (χ1v) is 13.5. The Hall–Kier alpha value is -4.01. The number of carboxylic acid groups (broad SMARTS) is 1. The summed E-state index contributed by atoms with van der Waals surface area (Å²) in [5.74, 6) is -1.80. The minimum absolute atomic E-state index is 0.00380. The van der Waals surface area contributed by atoms with Gasteiger partial charge >= 0.3 is 5.97 Å². The van der Waals surface area contributed by atoms with Crippen LogP contribution in [0.1, 0.15) is 42.4 Å². The minimum Gasteiger partial charge on any atom is -0.481 e. The molecule has 3 aromatic carbocycles. The molecule has 8 nitrogen and oxygen atoms in total. The van der Waals surface area contributed by atoms with E-state index in [9.17, 15) is 14.4 Å². The fraction of sp³-hybridized carbons (Fsp3) is 0.290. The fourth-order valence-electron chi connectivity index (χ4n) is 4.80. The van der Waals surface area contributed by atoms with E-state index in [0.29, 0.717) is 35.1 Å². The average Bonchev–Trinajstić information content (AvgIpc) is 3.23. The monoisotopic (exact) mass is 560 g/mol. The van der Waals surface area contributed by atoms with Crippen molar-refractivity contribution in [3.8, 4) is 0 Å². The van der Waals surface area contributed by atoms with Gasteiger partial charge in [0.2, 0.25) is 11.8 Å². The first-order chi connectivity index (χ1) is 19.1. The van der Waals surface area contributed by atoms with E-state index in [0.717, 1.165) is 35.3 Å². The van der Waals surface area contributed by atoms with Gasteiger partial charge in [-0.15, -0.1) is 0 Å². The Kier molecular flexibility index (Phi) is 9.34. The van der Waals surface area contributed by atoms with Crippen LogP contribution in [0.15, 0.2) is 71.7 Å². The first kappa shape index (κ1) is 29.0. The second kappa shape index (κ2) is 12.9. The Morgan fingerprint density at radius 1 is 1.02 bits per heavy atom. The van der Waals surface area contributed by atoms with E-state index in [1.54, 1.807) is 24.0 Å². The van der Waals surface area contributed by atoms with Crippen molar-refractivity contribution < 1.29 is 19.5 Å². The van der Waals surface area contributed by atoms with Gasteiger partial charge in [0.05, 0.1) is 11.4 Å². The molecular formula is C31H33ClN4O4. The molecule has 40 heavy (non-hydrogen) atoms. The molecule has 1 atom stereocenters. The van der Waals surface area contributed by atoms with Crippen LogP contribution in [0, 0.1) is 0 Å². The van der Waals surface area contributed by atoms with Gasteiger partial charge in [-0.1, -0.05) is 35.9 Å². The smallest absolute Gasteiger partial charge is 0.303 e. The van der Waals surface area contributed by atoms with Crippen molar-refractivity contribution >= 4 is 52.2 Å². The van der Waals surface area contributed by atoms with Crippen LogP contribution in [-0.2, 0) is 20.8 Å². The number of aliphatic carboxylic acids is 1. The molecule has 1 aliphatic rings. The third-order valence-corrected chi connectivity index (χ3v) is 6.98. The van der Waals surface area contributed by atoms with Gasteiger partial charge in [-0.05, 0) is 92.6 Å². The highest BCUT2D eigenvalue weighted by Crippen LogP contribution is 2.38. The molecule has 208 valence electrons. The maximum Gasteiger partial charge on any atom is 0.303 e. The van der Waals surface area contributed by atoms with E-state index in [1.165, 1.54) is 0 Å². The number of aryl methyl sites for hydroxylation is 1. The van der Waals surface area contributed by atoms with E-state index in [1.807, 2.05) is 68.7 Å². The number of nitrogens with zero attached hydrogens (tertiary/aromatic N) is 3. The van der Waals surface area contributed by atoms with Crippen LogP contribution in [0.25, 0.3) is 0 Å². The van der Waals surface area contributed by atoms with Crippen molar-refractivity contribution in [2.24, 2.45) is 4.99 Å². The van der Waals surface area contributed by atoms with E-state index < -0.39 is 11.9 Å². The second-order valence-electron chi connectivity index (χ2n) is 10.1. The number of carbonyl (C=O) groups excluding carboxylic acids is 2. The predicted molar refractivity (Wildman–Crippen MR) is 159 cm³/mol. The van der Waals surface area contributed by atoms with Crippen LogP contribution >= 0.6 is 11.6 Å². The topological polar surface area (TPSA) is 102 Å². The summed E-state index contributed by atoms with van der Waals surface area (Å²) in [7, 11) is 4.00. The van der Waals surface area contributed by atoms with Gasteiger partial charge in [-0.25, -0.2) is 0 Å². The minimum atomic E-state index is -0.873. The van der Waals surface area contributed by atoms with Gasteiger partial charge < -0.3 is 20.2 Å². The number of fused-ring (bicyclic) bond motifs is 1. The molecule has 0 aromatic heterocycles. The summed E-state index contributed by atoms with van der Waals surface area (Å²) in [6.07, 6.45) is 1.21. The zero-order valence-corrected chi connectivity index (χ0v) is 23.6. The van der Waals surface area contributed by atoms with Crippen molar-refractivity contribution in [3.05, 3.63) is 88.4 Å². The molecule has 2 N–H and O–H groups in total. The van der Waals surface area contributed by atoms with Crippen LogP contribution in [0.2, 0.25) is 5.02 Å². The van der Waals surface area contributed by atoms with Crippen LogP contribution in [0.4, 0.5) is 17.1 Å². The van der Waals surface area contributed by atoms with Crippen molar-refractivity contribution in [3.63, 3.8) is 0 Å². The quantitative estimate of drug-likeness (QED) is 0.301. The number of benzene rings is 3. The number of carbonyl (C=O) groups is 3. The van der Waals surface area contributed by atoms with E-state index in [4.69, 9.17) is 21.7 Å². The van der Waals surface area contributed by atoms with Crippen molar-refractivity contribution in [2.75, 3.05) is 37.4 Å². The van der Waals surface area contributed by atoms with Gasteiger partial charge in [0.1, 0.15) is 5.92 Å². The summed E-state index contributed by atoms with van der Waals surface area (Å²) < 4.78 is 0. The summed E-state index contributed by atoms with van der Waals surface area (Å²) in [6, 6.07) is 20.2. The Bertz CT molecular complexity index is 1440. The number of anilines is 2. The van der Waals surface area contributed by atoms with E-state index in [2.05, 4.69) is 10.2 Å². The van der Waals surface area contributed by atoms with Gasteiger partial charge in [0.25, 0.3) is 0 Å². The maximum absolute atomic E-state index is 13.3. The number of carboxylic acids is 1. The predicted octanol–water partition coefficient (Wildman–Crippen LogP) is 5.52. The first-order valence-electron chi connectivity index (χ1n) is 13.2. The molecular weight excluding hydrogens is 528 g/mol. The highest BCUT2D eigenvalue weighted by molar-refractivity contribution is 6.31. The highest BCUT2D eigenvalue weighted by atomic mass is 35.5. The highest BCUT2D eigenvalue weighted by Gasteiger charge is 2.35. The zero-order chi connectivity index (χ0) is 28.8. The number of rotatable bonds is 11. The lowest BCUT2D eigenvalue weighted by molar-refractivity contribution is -0.137. The SMILES string of the molecule is CC(=O)N(CCCN(C)C)c1ccc(N=C(c2cccc(CCC(=O)O)c2)C2C(=O)Nc3cc(Cl)ccc32)cc1. The van der Waals surface area contributed by atoms with Crippen LogP contribution in [0.3, 0.4) is 0 Å². The molecule has 0 saturated heterocycles. The van der Waals surface area contributed by atoms with Crippen LogP contribution < -0.4 is 10.2 Å². The molecule has 0 fully saturated rings. The fourth-order valence-corrected chi connectivity index (χ4v) is 4.97. The molecule has 0 aliphatic carbocycles. The van der Waals surface area contributed by atoms with E-state index >= 15 is 0 Å². The number of aliphatic imine (C=N–C) groups is 1. The lowest BCUT2D eigenvalue weighted by atomic mass is 9.89.